The van der Waals surface area contributed by atoms with Gasteiger partial charge in [-0.25, -0.2) is 4.39 Å². The third-order valence-corrected chi connectivity index (χ3v) is 3.96. The first kappa shape index (κ1) is 15.0. The minimum Gasteiger partial charge on any atom is -0.485 e. The van der Waals surface area contributed by atoms with Gasteiger partial charge in [-0.2, -0.15) is 0 Å². The van der Waals surface area contributed by atoms with Gasteiger partial charge in [0.25, 0.3) is 0 Å². The van der Waals surface area contributed by atoms with Crippen LogP contribution in [0.4, 0.5) is 4.39 Å². The fourth-order valence-electron chi connectivity index (χ4n) is 1.85. The monoisotopic (exact) mass is 293 g/mol. The summed E-state index contributed by atoms with van der Waals surface area (Å²) in [5, 5.41) is 3.36. The van der Waals surface area contributed by atoms with Gasteiger partial charge in [0.05, 0.1) is 0 Å². The molecule has 0 radical (unpaired) electrons. The molecule has 0 bridgehead atoms. The van der Waals surface area contributed by atoms with Crippen molar-refractivity contribution < 1.29 is 9.13 Å². The smallest absolute Gasteiger partial charge is 0.165 e. The van der Waals surface area contributed by atoms with Crippen LogP contribution in [0.1, 0.15) is 28.7 Å². The molecule has 0 saturated carbocycles. The minimum atomic E-state index is -0.308. The van der Waals surface area contributed by atoms with Gasteiger partial charge in [-0.15, -0.1) is 11.3 Å². The summed E-state index contributed by atoms with van der Waals surface area (Å²) in [7, 11) is 0. The molecule has 0 amide bonds. The second-order valence-corrected chi connectivity index (χ2v) is 6.02. The summed E-state index contributed by atoms with van der Waals surface area (Å²) in [6, 6.07) is 9.05. The summed E-state index contributed by atoms with van der Waals surface area (Å²) >= 11 is 1.70. The van der Waals surface area contributed by atoms with E-state index in [1.54, 1.807) is 23.5 Å². The summed E-state index contributed by atoms with van der Waals surface area (Å²) in [4.78, 5) is 2.39. The van der Waals surface area contributed by atoms with E-state index >= 15 is 0 Å². The number of ether oxygens (including phenoxy) is 1. The van der Waals surface area contributed by atoms with Crippen molar-refractivity contribution in [1.29, 1.82) is 0 Å². The number of halogens is 1. The van der Waals surface area contributed by atoms with Gasteiger partial charge in [-0.1, -0.05) is 13.0 Å². The topological polar surface area (TPSA) is 21.3 Å². The molecular weight excluding hydrogens is 273 g/mol. The lowest BCUT2D eigenvalue weighted by molar-refractivity contribution is 0.293. The van der Waals surface area contributed by atoms with E-state index in [2.05, 4.69) is 18.3 Å². The van der Waals surface area contributed by atoms with E-state index in [-0.39, 0.29) is 5.82 Å². The molecule has 2 rings (SSSR count). The van der Waals surface area contributed by atoms with Crippen LogP contribution in [0.3, 0.4) is 0 Å². The van der Waals surface area contributed by atoms with E-state index in [4.69, 9.17) is 4.74 Å². The summed E-state index contributed by atoms with van der Waals surface area (Å²) < 4.78 is 19.1. The quantitative estimate of drug-likeness (QED) is 0.770. The largest absolute Gasteiger partial charge is 0.485 e. The van der Waals surface area contributed by atoms with Crippen molar-refractivity contribution in [2.75, 3.05) is 6.54 Å². The van der Waals surface area contributed by atoms with Crippen LogP contribution in [0.2, 0.25) is 0 Å². The third kappa shape index (κ3) is 4.32. The van der Waals surface area contributed by atoms with Crippen LogP contribution in [-0.2, 0) is 13.2 Å². The lowest BCUT2D eigenvalue weighted by atomic mass is 10.2. The molecule has 0 spiro atoms. The molecule has 1 aromatic carbocycles. The van der Waals surface area contributed by atoms with Crippen molar-refractivity contribution in [2.24, 2.45) is 0 Å². The molecule has 2 aromatic rings. The van der Waals surface area contributed by atoms with Crippen LogP contribution < -0.4 is 10.1 Å². The van der Waals surface area contributed by atoms with Crippen LogP contribution in [0, 0.1) is 12.7 Å². The van der Waals surface area contributed by atoms with Gasteiger partial charge >= 0.3 is 0 Å². The second-order valence-electron chi connectivity index (χ2n) is 4.77. The second kappa shape index (κ2) is 7.41. The highest BCUT2D eigenvalue weighted by Gasteiger charge is 2.05. The third-order valence-electron chi connectivity index (χ3n) is 2.90. The summed E-state index contributed by atoms with van der Waals surface area (Å²) in [5.74, 6) is 0.0149. The van der Waals surface area contributed by atoms with Gasteiger partial charge in [-0.05, 0) is 49.7 Å². The molecule has 2 nitrogen and oxygen atoms in total. The first-order chi connectivity index (χ1) is 9.69. The highest BCUT2D eigenvalue weighted by atomic mass is 32.1. The Labute approximate surface area is 123 Å². The normalized spacial score (nSPS) is 10.8. The zero-order valence-electron chi connectivity index (χ0n) is 11.9. The minimum absolute atomic E-state index is 0.308. The summed E-state index contributed by atoms with van der Waals surface area (Å²) in [6.07, 6.45) is 1.13. The van der Waals surface area contributed by atoms with Gasteiger partial charge in [0.1, 0.15) is 6.61 Å². The molecule has 0 unspecified atom stereocenters. The van der Waals surface area contributed by atoms with Gasteiger partial charge in [-0.3, -0.25) is 0 Å². The number of benzene rings is 1. The lowest BCUT2D eigenvalue weighted by Crippen LogP contribution is -2.12. The van der Waals surface area contributed by atoms with Crippen molar-refractivity contribution in [2.45, 2.75) is 33.4 Å². The van der Waals surface area contributed by atoms with E-state index in [1.807, 2.05) is 13.0 Å². The highest BCUT2D eigenvalue weighted by Crippen LogP contribution is 2.22. The number of hydrogen-bond donors (Lipinski definition) is 1. The molecule has 108 valence electrons. The maximum Gasteiger partial charge on any atom is 0.165 e. The van der Waals surface area contributed by atoms with E-state index < -0.39 is 0 Å². The van der Waals surface area contributed by atoms with Crippen LogP contribution >= 0.6 is 11.3 Å². The first-order valence-corrected chi connectivity index (χ1v) is 7.68. The summed E-state index contributed by atoms with van der Waals surface area (Å²) in [5.41, 5.74) is 0.997. The van der Waals surface area contributed by atoms with Crippen LogP contribution in [0.15, 0.2) is 30.3 Å². The number of thiophene rings is 1. The van der Waals surface area contributed by atoms with Crippen molar-refractivity contribution in [3.05, 3.63) is 51.5 Å². The van der Waals surface area contributed by atoms with Gasteiger partial charge in [0.2, 0.25) is 0 Å². The molecule has 0 aliphatic heterocycles. The fourth-order valence-corrected chi connectivity index (χ4v) is 2.75. The first-order valence-electron chi connectivity index (χ1n) is 6.86. The Morgan fingerprint density at radius 3 is 2.80 bits per heavy atom. The Bertz CT molecular complexity index is 553. The van der Waals surface area contributed by atoms with Crippen LogP contribution in [-0.4, -0.2) is 6.54 Å². The number of rotatable bonds is 7. The van der Waals surface area contributed by atoms with Crippen LogP contribution in [0.5, 0.6) is 5.75 Å². The average molecular weight is 293 g/mol. The molecule has 0 saturated heterocycles. The van der Waals surface area contributed by atoms with Gasteiger partial charge in [0, 0.05) is 16.3 Å². The lowest BCUT2D eigenvalue weighted by Gasteiger charge is -2.06. The molecule has 0 atom stereocenters. The van der Waals surface area contributed by atoms with Crippen molar-refractivity contribution in [3.8, 4) is 5.75 Å². The highest BCUT2D eigenvalue weighted by molar-refractivity contribution is 7.11. The SMILES string of the molecule is CCCNCc1ccc(COc2cc(C)ccc2F)s1. The molecule has 4 heteroatoms. The average Bonchev–Trinajstić information content (AvgIpc) is 2.88. The molecule has 1 aromatic heterocycles. The molecular formula is C16H20FNOS. The Balaban J connectivity index is 1.89. The fraction of sp³-hybridized carbons (Fsp3) is 0.375. The summed E-state index contributed by atoms with van der Waals surface area (Å²) in [6.45, 7) is 6.40. The molecule has 20 heavy (non-hydrogen) atoms. The standard InChI is InChI=1S/C16H20FNOS/c1-3-8-18-10-13-5-6-14(20-13)11-19-16-9-12(2)4-7-15(16)17/h4-7,9,18H,3,8,10-11H2,1-2H3. The van der Waals surface area contributed by atoms with Crippen molar-refractivity contribution in [3.63, 3.8) is 0 Å². The molecule has 1 N–H and O–H groups in total. The van der Waals surface area contributed by atoms with Crippen molar-refractivity contribution in [1.82, 2.24) is 5.32 Å². The Morgan fingerprint density at radius 2 is 2.00 bits per heavy atom. The van der Waals surface area contributed by atoms with Crippen molar-refractivity contribution >= 4 is 11.3 Å². The molecule has 0 aliphatic rings. The number of aryl methyl sites for hydroxylation is 1. The Hall–Kier alpha value is -1.39. The molecule has 0 fully saturated rings. The van der Waals surface area contributed by atoms with E-state index in [0.717, 1.165) is 30.0 Å². The number of hydrogen-bond acceptors (Lipinski definition) is 3. The molecule has 1 heterocycles. The maximum atomic E-state index is 13.6. The van der Waals surface area contributed by atoms with Gasteiger partial charge < -0.3 is 10.1 Å². The van der Waals surface area contributed by atoms with E-state index in [0.29, 0.717) is 12.4 Å². The van der Waals surface area contributed by atoms with Gasteiger partial charge in [0.15, 0.2) is 11.6 Å². The zero-order chi connectivity index (χ0) is 14.4. The zero-order valence-corrected chi connectivity index (χ0v) is 12.7. The van der Waals surface area contributed by atoms with Crippen LogP contribution in [0.25, 0.3) is 0 Å². The Morgan fingerprint density at radius 1 is 1.20 bits per heavy atom. The number of nitrogens with one attached hydrogen (secondary N) is 1. The predicted molar refractivity (Wildman–Crippen MR) is 81.8 cm³/mol. The molecule has 0 aliphatic carbocycles. The maximum absolute atomic E-state index is 13.6. The predicted octanol–water partition coefficient (Wildman–Crippen LogP) is 4.27. The van der Waals surface area contributed by atoms with E-state index in [9.17, 15) is 4.39 Å². The Kier molecular flexibility index (Phi) is 5.56. The van der Waals surface area contributed by atoms with E-state index in [1.165, 1.54) is 10.9 Å².